The minimum atomic E-state index is -0.0744. The highest BCUT2D eigenvalue weighted by molar-refractivity contribution is 5.74. The van der Waals surface area contributed by atoms with E-state index in [1.807, 2.05) is 0 Å². The molecule has 0 aromatic carbocycles. The van der Waals surface area contributed by atoms with Crippen molar-refractivity contribution >= 4 is 6.03 Å². The van der Waals surface area contributed by atoms with E-state index in [1.54, 1.807) is 6.08 Å². The molecule has 0 unspecified atom stereocenters. The Hall–Kier alpha value is -0.990. The Kier molecular flexibility index (Phi) is 2.95. The van der Waals surface area contributed by atoms with Crippen LogP contribution in [-0.2, 0) is 0 Å². The van der Waals surface area contributed by atoms with Crippen LogP contribution in [0.15, 0.2) is 12.7 Å². The highest BCUT2D eigenvalue weighted by atomic mass is 16.2. The quantitative estimate of drug-likeness (QED) is 0.585. The average molecular weight is 154 g/mol. The van der Waals surface area contributed by atoms with E-state index in [4.69, 9.17) is 0 Å². The van der Waals surface area contributed by atoms with Crippen molar-refractivity contribution in [2.45, 2.75) is 25.3 Å². The van der Waals surface area contributed by atoms with Crippen molar-refractivity contribution in [3.63, 3.8) is 0 Å². The van der Waals surface area contributed by atoms with Gasteiger partial charge in [0, 0.05) is 12.6 Å². The number of carbonyl (C=O) groups excluding carboxylic acids is 1. The molecule has 2 N–H and O–H groups in total. The Morgan fingerprint density at radius 1 is 1.64 bits per heavy atom. The zero-order valence-electron chi connectivity index (χ0n) is 6.60. The largest absolute Gasteiger partial charge is 0.335 e. The average Bonchev–Trinajstić information content (AvgIpc) is 1.93. The van der Waals surface area contributed by atoms with Crippen molar-refractivity contribution in [1.82, 2.24) is 10.6 Å². The van der Waals surface area contributed by atoms with Gasteiger partial charge in [-0.1, -0.05) is 6.08 Å². The monoisotopic (exact) mass is 154 g/mol. The van der Waals surface area contributed by atoms with E-state index in [0.717, 1.165) is 12.8 Å². The summed E-state index contributed by atoms with van der Waals surface area (Å²) in [6.45, 7) is 4.04. The molecule has 0 spiro atoms. The Labute approximate surface area is 66.9 Å². The zero-order valence-corrected chi connectivity index (χ0v) is 6.60. The van der Waals surface area contributed by atoms with E-state index in [0.29, 0.717) is 12.6 Å². The second kappa shape index (κ2) is 4.01. The number of carbonyl (C=O) groups is 1. The molecule has 0 atom stereocenters. The molecule has 1 fully saturated rings. The van der Waals surface area contributed by atoms with Crippen molar-refractivity contribution in [3.05, 3.63) is 12.7 Å². The molecule has 11 heavy (non-hydrogen) atoms. The van der Waals surface area contributed by atoms with Gasteiger partial charge < -0.3 is 10.6 Å². The van der Waals surface area contributed by atoms with E-state index in [-0.39, 0.29) is 6.03 Å². The van der Waals surface area contributed by atoms with E-state index in [2.05, 4.69) is 17.2 Å². The van der Waals surface area contributed by atoms with Crippen molar-refractivity contribution in [2.24, 2.45) is 0 Å². The molecule has 0 bridgehead atoms. The normalized spacial score (nSPS) is 16.7. The molecule has 1 aliphatic rings. The fraction of sp³-hybridized carbons (Fsp3) is 0.625. The van der Waals surface area contributed by atoms with Crippen LogP contribution in [0.1, 0.15) is 19.3 Å². The highest BCUT2D eigenvalue weighted by Crippen LogP contribution is 2.17. The minimum absolute atomic E-state index is 0.0744. The standard InChI is InChI=1S/C8H14N2O/c1-2-6-9-8(11)10-7-4-3-5-7/h2,7H,1,3-6H2,(H2,9,10,11). The van der Waals surface area contributed by atoms with Gasteiger partial charge in [-0.15, -0.1) is 6.58 Å². The predicted molar refractivity (Wildman–Crippen MR) is 44.4 cm³/mol. The fourth-order valence-corrected chi connectivity index (χ4v) is 0.954. The van der Waals surface area contributed by atoms with Crippen LogP contribution in [0.25, 0.3) is 0 Å². The van der Waals surface area contributed by atoms with E-state index < -0.39 is 0 Å². The van der Waals surface area contributed by atoms with Crippen LogP contribution in [0.4, 0.5) is 4.79 Å². The van der Waals surface area contributed by atoms with Gasteiger partial charge in [-0.05, 0) is 19.3 Å². The molecule has 1 saturated carbocycles. The summed E-state index contributed by atoms with van der Waals surface area (Å²) in [5, 5.41) is 5.52. The summed E-state index contributed by atoms with van der Waals surface area (Å²) in [5.41, 5.74) is 0. The SMILES string of the molecule is C=CCNC(=O)NC1CCC1. The van der Waals surface area contributed by atoms with Crippen LogP contribution in [0.2, 0.25) is 0 Å². The molecule has 0 saturated heterocycles. The molecular formula is C8H14N2O. The van der Waals surface area contributed by atoms with Gasteiger partial charge in [0.1, 0.15) is 0 Å². The molecular weight excluding hydrogens is 140 g/mol. The molecule has 3 heteroatoms. The van der Waals surface area contributed by atoms with Gasteiger partial charge in [0.15, 0.2) is 0 Å². The van der Waals surface area contributed by atoms with Gasteiger partial charge in [-0.25, -0.2) is 4.79 Å². The van der Waals surface area contributed by atoms with Gasteiger partial charge in [-0.2, -0.15) is 0 Å². The van der Waals surface area contributed by atoms with Gasteiger partial charge in [-0.3, -0.25) is 0 Å². The summed E-state index contributed by atoms with van der Waals surface area (Å²) in [7, 11) is 0. The summed E-state index contributed by atoms with van der Waals surface area (Å²) in [6, 6.07) is 0.342. The van der Waals surface area contributed by atoms with Crippen molar-refractivity contribution < 1.29 is 4.79 Å². The number of nitrogens with one attached hydrogen (secondary N) is 2. The van der Waals surface area contributed by atoms with E-state index in [1.165, 1.54) is 6.42 Å². The highest BCUT2D eigenvalue weighted by Gasteiger charge is 2.18. The Balaban J connectivity index is 2.04. The molecule has 0 aromatic rings. The number of rotatable bonds is 3. The number of urea groups is 1. The van der Waals surface area contributed by atoms with Gasteiger partial charge in [0.25, 0.3) is 0 Å². The maximum absolute atomic E-state index is 10.9. The molecule has 62 valence electrons. The van der Waals surface area contributed by atoms with E-state index in [9.17, 15) is 4.79 Å². The predicted octanol–water partition coefficient (Wildman–Crippen LogP) is 1.02. The zero-order chi connectivity index (χ0) is 8.10. The summed E-state index contributed by atoms with van der Waals surface area (Å²) in [4.78, 5) is 10.9. The lowest BCUT2D eigenvalue weighted by molar-refractivity contribution is 0.229. The summed E-state index contributed by atoms with van der Waals surface area (Å²) in [5.74, 6) is 0. The second-order valence-electron chi connectivity index (χ2n) is 2.77. The Bertz CT molecular complexity index is 152. The van der Waals surface area contributed by atoms with Gasteiger partial charge >= 0.3 is 6.03 Å². The first-order valence-electron chi connectivity index (χ1n) is 3.98. The maximum Gasteiger partial charge on any atom is 0.315 e. The second-order valence-corrected chi connectivity index (χ2v) is 2.77. The lowest BCUT2D eigenvalue weighted by atomic mass is 9.93. The minimum Gasteiger partial charge on any atom is -0.335 e. The van der Waals surface area contributed by atoms with E-state index >= 15 is 0 Å². The van der Waals surface area contributed by atoms with Gasteiger partial charge in [0.05, 0.1) is 0 Å². The molecule has 2 amide bonds. The van der Waals surface area contributed by atoms with Crippen LogP contribution in [0, 0.1) is 0 Å². The van der Waals surface area contributed by atoms with Crippen LogP contribution < -0.4 is 10.6 Å². The van der Waals surface area contributed by atoms with Gasteiger partial charge in [0.2, 0.25) is 0 Å². The first-order chi connectivity index (χ1) is 5.33. The molecule has 0 aliphatic heterocycles. The van der Waals surface area contributed by atoms with Crippen LogP contribution in [-0.4, -0.2) is 18.6 Å². The lowest BCUT2D eigenvalue weighted by Gasteiger charge is -2.26. The topological polar surface area (TPSA) is 41.1 Å². The van der Waals surface area contributed by atoms with Crippen LogP contribution in [0.3, 0.4) is 0 Å². The molecule has 1 aliphatic carbocycles. The third kappa shape index (κ3) is 2.62. The van der Waals surface area contributed by atoms with Crippen LogP contribution in [0.5, 0.6) is 0 Å². The molecule has 0 radical (unpaired) electrons. The number of amides is 2. The molecule has 0 heterocycles. The summed E-state index contributed by atoms with van der Waals surface area (Å²) < 4.78 is 0. The fourth-order valence-electron chi connectivity index (χ4n) is 0.954. The summed E-state index contributed by atoms with van der Waals surface area (Å²) >= 11 is 0. The first-order valence-corrected chi connectivity index (χ1v) is 3.98. The molecule has 1 rings (SSSR count). The van der Waals surface area contributed by atoms with Crippen molar-refractivity contribution in [1.29, 1.82) is 0 Å². The lowest BCUT2D eigenvalue weighted by Crippen LogP contribution is -2.45. The maximum atomic E-state index is 10.9. The van der Waals surface area contributed by atoms with Crippen LogP contribution >= 0.6 is 0 Å². The third-order valence-corrected chi connectivity index (χ3v) is 1.85. The smallest absolute Gasteiger partial charge is 0.315 e. The third-order valence-electron chi connectivity index (χ3n) is 1.85. The number of hydrogen-bond donors (Lipinski definition) is 2. The first kappa shape index (κ1) is 8.11. The van der Waals surface area contributed by atoms with Crippen molar-refractivity contribution in [3.8, 4) is 0 Å². The Morgan fingerprint density at radius 3 is 2.82 bits per heavy atom. The van der Waals surface area contributed by atoms with Crippen molar-refractivity contribution in [2.75, 3.05) is 6.54 Å². The Morgan fingerprint density at radius 2 is 2.36 bits per heavy atom. The number of hydrogen-bond acceptors (Lipinski definition) is 1. The molecule has 0 aromatic heterocycles. The summed E-state index contributed by atoms with van der Waals surface area (Å²) in [6.07, 6.45) is 5.16. The molecule has 3 nitrogen and oxygen atoms in total.